The van der Waals surface area contributed by atoms with E-state index in [9.17, 15) is 9.90 Å². The largest absolute Gasteiger partial charge is 0.386 e. The monoisotopic (exact) mass is 222 g/mol. The lowest BCUT2D eigenvalue weighted by Crippen LogP contribution is -2.42. The fourth-order valence-corrected chi connectivity index (χ4v) is 1.51. The molecule has 0 aliphatic heterocycles. The average Bonchev–Trinajstić information content (AvgIpc) is 2.36. The number of nitrogens with zero attached hydrogens (tertiary/aromatic N) is 1. The summed E-state index contributed by atoms with van der Waals surface area (Å²) in [5.41, 5.74) is 6.07. The van der Waals surface area contributed by atoms with E-state index in [0.717, 1.165) is 5.56 Å². The molecule has 0 spiro atoms. The maximum atomic E-state index is 11.4. The van der Waals surface area contributed by atoms with E-state index in [-0.39, 0.29) is 18.5 Å². The van der Waals surface area contributed by atoms with Crippen LogP contribution in [0.5, 0.6) is 0 Å². The van der Waals surface area contributed by atoms with Crippen molar-refractivity contribution in [1.82, 2.24) is 4.90 Å². The molecule has 16 heavy (non-hydrogen) atoms. The molecule has 4 nitrogen and oxygen atoms in total. The van der Waals surface area contributed by atoms with E-state index in [4.69, 9.17) is 5.73 Å². The topological polar surface area (TPSA) is 66.6 Å². The third-order valence-electron chi connectivity index (χ3n) is 2.78. The van der Waals surface area contributed by atoms with Crippen LogP contribution in [-0.2, 0) is 4.79 Å². The van der Waals surface area contributed by atoms with Crippen LogP contribution in [0.2, 0.25) is 0 Å². The van der Waals surface area contributed by atoms with Gasteiger partial charge in [0.2, 0.25) is 5.91 Å². The number of carbonyl (C=O) groups is 1. The zero-order valence-corrected chi connectivity index (χ0v) is 9.63. The second-order valence-corrected chi connectivity index (χ2v) is 3.80. The van der Waals surface area contributed by atoms with Crippen LogP contribution in [0.25, 0.3) is 0 Å². The molecule has 0 heterocycles. The predicted molar refractivity (Wildman–Crippen MR) is 62.7 cm³/mol. The summed E-state index contributed by atoms with van der Waals surface area (Å²) in [6.45, 7) is 1.76. The van der Waals surface area contributed by atoms with Crippen molar-refractivity contribution in [2.75, 3.05) is 13.6 Å². The van der Waals surface area contributed by atoms with Crippen molar-refractivity contribution >= 4 is 5.91 Å². The van der Waals surface area contributed by atoms with Crippen molar-refractivity contribution in [3.63, 3.8) is 0 Å². The number of nitrogens with two attached hydrogens (primary N) is 1. The molecule has 88 valence electrons. The number of aliphatic hydroxyl groups is 1. The summed E-state index contributed by atoms with van der Waals surface area (Å²) in [4.78, 5) is 12.8. The maximum Gasteiger partial charge on any atom is 0.236 e. The van der Waals surface area contributed by atoms with Gasteiger partial charge in [-0.25, -0.2) is 0 Å². The molecule has 1 aromatic carbocycles. The molecule has 0 aromatic heterocycles. The molecule has 0 aliphatic carbocycles. The number of aliphatic hydroxyl groups excluding tert-OH is 1. The number of rotatable bonds is 4. The Morgan fingerprint density at radius 2 is 2.00 bits per heavy atom. The Bertz CT molecular complexity index is 340. The molecule has 0 fully saturated rings. The number of likely N-dealkylation sites (N-methyl/N-ethyl adjacent to an activating group) is 1. The van der Waals surface area contributed by atoms with Crippen molar-refractivity contribution in [2.24, 2.45) is 5.73 Å². The summed E-state index contributed by atoms with van der Waals surface area (Å²) in [7, 11) is 1.64. The second-order valence-electron chi connectivity index (χ2n) is 3.80. The first-order valence-corrected chi connectivity index (χ1v) is 5.26. The van der Waals surface area contributed by atoms with E-state index in [1.54, 1.807) is 14.0 Å². The van der Waals surface area contributed by atoms with Gasteiger partial charge in [0.1, 0.15) is 0 Å². The van der Waals surface area contributed by atoms with Gasteiger partial charge in [0.25, 0.3) is 0 Å². The second kappa shape index (κ2) is 5.63. The van der Waals surface area contributed by atoms with Crippen molar-refractivity contribution in [2.45, 2.75) is 19.1 Å². The minimum Gasteiger partial charge on any atom is -0.386 e. The molecule has 4 heteroatoms. The number of amides is 1. The summed E-state index contributed by atoms with van der Waals surface area (Å²) < 4.78 is 0. The number of hydrogen-bond donors (Lipinski definition) is 2. The molecule has 1 amide bonds. The predicted octanol–water partition coefficient (Wildman–Crippen LogP) is 0.526. The highest BCUT2D eigenvalue weighted by Crippen LogP contribution is 2.19. The number of benzene rings is 1. The molecule has 0 bridgehead atoms. The summed E-state index contributed by atoms with van der Waals surface area (Å²) in [6, 6.07) is 8.98. The van der Waals surface area contributed by atoms with E-state index in [1.165, 1.54) is 4.90 Å². The highest BCUT2D eigenvalue weighted by Gasteiger charge is 2.22. The van der Waals surface area contributed by atoms with Gasteiger partial charge in [0.15, 0.2) is 0 Å². The Morgan fingerprint density at radius 3 is 2.50 bits per heavy atom. The van der Waals surface area contributed by atoms with E-state index in [0.29, 0.717) is 0 Å². The van der Waals surface area contributed by atoms with Gasteiger partial charge in [-0.05, 0) is 12.5 Å². The number of carbonyl (C=O) groups excluding carboxylic acids is 1. The van der Waals surface area contributed by atoms with Crippen molar-refractivity contribution in [3.8, 4) is 0 Å². The van der Waals surface area contributed by atoms with Gasteiger partial charge >= 0.3 is 0 Å². The highest BCUT2D eigenvalue weighted by molar-refractivity contribution is 5.78. The molecule has 1 aromatic rings. The first kappa shape index (κ1) is 12.7. The molecule has 0 saturated heterocycles. The van der Waals surface area contributed by atoms with Gasteiger partial charge in [-0.15, -0.1) is 0 Å². The van der Waals surface area contributed by atoms with Crippen LogP contribution in [0.3, 0.4) is 0 Å². The molecule has 1 rings (SSSR count). The molecule has 0 saturated carbocycles. The van der Waals surface area contributed by atoms with E-state index in [2.05, 4.69) is 0 Å². The highest BCUT2D eigenvalue weighted by atomic mass is 16.3. The van der Waals surface area contributed by atoms with Crippen LogP contribution in [0.15, 0.2) is 30.3 Å². The minimum atomic E-state index is -0.693. The fourth-order valence-electron chi connectivity index (χ4n) is 1.51. The Labute approximate surface area is 95.7 Å². The minimum absolute atomic E-state index is 0.0393. The van der Waals surface area contributed by atoms with Crippen LogP contribution in [0.1, 0.15) is 18.6 Å². The van der Waals surface area contributed by atoms with Crippen LogP contribution in [0.4, 0.5) is 0 Å². The van der Waals surface area contributed by atoms with Crippen molar-refractivity contribution < 1.29 is 9.90 Å². The standard InChI is InChI=1S/C12H18N2O2/c1-9(14(2)11(15)8-13)12(16)10-6-4-3-5-7-10/h3-7,9,12,16H,8,13H2,1-2H3/t9-,12-/m1/s1. The molecule has 0 aliphatic rings. The van der Waals surface area contributed by atoms with E-state index < -0.39 is 6.10 Å². The van der Waals surface area contributed by atoms with Gasteiger partial charge in [-0.3, -0.25) is 4.79 Å². The lowest BCUT2D eigenvalue weighted by Gasteiger charge is -2.28. The molecule has 0 unspecified atom stereocenters. The number of hydrogen-bond acceptors (Lipinski definition) is 3. The summed E-state index contributed by atoms with van der Waals surface area (Å²) in [6.07, 6.45) is -0.693. The quantitative estimate of drug-likeness (QED) is 0.780. The summed E-state index contributed by atoms with van der Waals surface area (Å²) in [5, 5.41) is 10.1. The lowest BCUT2D eigenvalue weighted by atomic mass is 10.0. The van der Waals surface area contributed by atoms with E-state index in [1.807, 2.05) is 30.3 Å². The third-order valence-corrected chi connectivity index (χ3v) is 2.78. The Balaban J connectivity index is 2.74. The van der Waals surface area contributed by atoms with Gasteiger partial charge in [-0.2, -0.15) is 0 Å². The molecular formula is C12H18N2O2. The first-order chi connectivity index (χ1) is 7.57. The van der Waals surface area contributed by atoms with Crippen LogP contribution in [0, 0.1) is 0 Å². The Hall–Kier alpha value is -1.39. The van der Waals surface area contributed by atoms with E-state index >= 15 is 0 Å². The fraction of sp³-hybridized carbons (Fsp3) is 0.417. The normalized spacial score (nSPS) is 14.2. The average molecular weight is 222 g/mol. The maximum absolute atomic E-state index is 11.4. The Kier molecular flexibility index (Phi) is 4.46. The molecule has 3 N–H and O–H groups in total. The van der Waals surface area contributed by atoms with Crippen molar-refractivity contribution in [1.29, 1.82) is 0 Å². The van der Waals surface area contributed by atoms with Gasteiger partial charge < -0.3 is 15.7 Å². The van der Waals surface area contributed by atoms with Gasteiger partial charge in [-0.1, -0.05) is 30.3 Å². The molecule has 0 radical (unpaired) electrons. The van der Waals surface area contributed by atoms with Crippen molar-refractivity contribution in [3.05, 3.63) is 35.9 Å². The summed E-state index contributed by atoms with van der Waals surface area (Å²) >= 11 is 0. The van der Waals surface area contributed by atoms with Crippen LogP contribution < -0.4 is 5.73 Å². The summed E-state index contributed by atoms with van der Waals surface area (Å²) in [5.74, 6) is -0.178. The zero-order chi connectivity index (χ0) is 12.1. The van der Waals surface area contributed by atoms with Crippen LogP contribution in [-0.4, -0.2) is 35.5 Å². The molecular weight excluding hydrogens is 204 g/mol. The molecule has 2 atom stereocenters. The van der Waals surface area contributed by atoms with Gasteiger partial charge in [0.05, 0.1) is 18.7 Å². The Morgan fingerprint density at radius 1 is 1.44 bits per heavy atom. The third kappa shape index (κ3) is 2.81. The van der Waals surface area contributed by atoms with Crippen LogP contribution >= 0.6 is 0 Å². The zero-order valence-electron chi connectivity index (χ0n) is 9.63. The first-order valence-electron chi connectivity index (χ1n) is 5.26. The van der Waals surface area contributed by atoms with Gasteiger partial charge in [0, 0.05) is 7.05 Å². The lowest BCUT2D eigenvalue weighted by molar-refractivity contribution is -0.132. The smallest absolute Gasteiger partial charge is 0.236 e. The SMILES string of the molecule is C[C@H]([C@@H](O)c1ccccc1)N(C)C(=O)CN.